The molecule has 1 atom stereocenters. The van der Waals surface area contributed by atoms with E-state index in [4.69, 9.17) is 20.8 Å². The maximum absolute atomic E-state index is 12.4. The third kappa shape index (κ3) is 6.16. The number of rotatable bonds is 9. The second kappa shape index (κ2) is 9.98. The first kappa shape index (κ1) is 10.2. The van der Waals surface area contributed by atoms with Crippen molar-refractivity contribution in [2.45, 2.75) is 18.9 Å². The predicted molar refractivity (Wildman–Crippen MR) is 113 cm³/mol. The summed E-state index contributed by atoms with van der Waals surface area (Å²) < 4.78 is 87.8. The van der Waals surface area contributed by atoms with E-state index in [0.29, 0.717) is 0 Å². The number of carbonyl (C=O) groups excluding carboxylic acids is 1. The van der Waals surface area contributed by atoms with Crippen LogP contribution in [0, 0.1) is 0 Å². The topological polar surface area (TPSA) is 100 Å². The quantitative estimate of drug-likeness (QED) is 0.409. The molecule has 2 aromatic carbocycles. The number of hydrogen-bond donors (Lipinski definition) is 4. The van der Waals surface area contributed by atoms with Gasteiger partial charge in [0.1, 0.15) is 0 Å². The van der Waals surface area contributed by atoms with E-state index in [1.54, 1.807) is 0 Å². The number of aliphatic hydroxyl groups is 1. The summed E-state index contributed by atoms with van der Waals surface area (Å²) in [5.41, 5.74) is 4.68. The maximum atomic E-state index is 12.4. The fourth-order valence-corrected chi connectivity index (χ4v) is 2.63. The van der Waals surface area contributed by atoms with Gasteiger partial charge in [-0.3, -0.25) is 4.79 Å². The Bertz CT molecular complexity index is 1390. The van der Waals surface area contributed by atoms with Gasteiger partial charge in [-0.1, -0.05) is 42.3 Å². The summed E-state index contributed by atoms with van der Waals surface area (Å²) in [5.74, 6) is -0.702. The zero-order valence-electron chi connectivity index (χ0n) is 25.6. The first-order valence-corrected chi connectivity index (χ1v) is 9.01. The second-order valence-corrected chi connectivity index (χ2v) is 6.38. The molecular weight excluding hydrogens is 372 g/mol. The Labute approximate surface area is 183 Å². The van der Waals surface area contributed by atoms with Crippen LogP contribution in [0.3, 0.4) is 0 Å². The molecule has 0 aliphatic rings. The van der Waals surface area contributed by atoms with Gasteiger partial charge in [-0.05, 0) is 36.2 Å². The molecule has 3 aromatic rings. The van der Waals surface area contributed by atoms with Gasteiger partial charge >= 0.3 is 0 Å². The molecule has 1 amide bonds. The SMILES string of the molecule is [2H]c1sc(N)nc1CC(=O)Nc1c([2H])c([2H])c(CCNC[C@]([2H])(O)c2c([2H])c([2H])c([2H])c([2H])c2[2H])c([2H])c1[2H]. The number of amides is 1. The van der Waals surface area contributed by atoms with Gasteiger partial charge in [0.25, 0.3) is 0 Å². The lowest BCUT2D eigenvalue weighted by molar-refractivity contribution is -0.115. The fraction of sp³-hybridized carbons (Fsp3) is 0.238. The van der Waals surface area contributed by atoms with Crippen LogP contribution in [0.5, 0.6) is 0 Å². The van der Waals surface area contributed by atoms with E-state index in [2.05, 4.69) is 15.6 Å². The molecule has 5 N–H and O–H groups in total. The third-order valence-corrected chi connectivity index (χ3v) is 4.06. The summed E-state index contributed by atoms with van der Waals surface area (Å²) in [6, 6.07) is -5.30. The molecule has 28 heavy (non-hydrogen) atoms. The van der Waals surface area contributed by atoms with E-state index >= 15 is 0 Å². The summed E-state index contributed by atoms with van der Waals surface area (Å²) in [6.45, 7) is -0.615. The lowest BCUT2D eigenvalue weighted by Gasteiger charge is -2.12. The number of aromatic nitrogens is 1. The van der Waals surface area contributed by atoms with Gasteiger partial charge < -0.3 is 21.5 Å². The first-order valence-electron chi connectivity index (χ1n) is 13.7. The number of benzene rings is 2. The van der Waals surface area contributed by atoms with E-state index < -0.39 is 78.5 Å². The highest BCUT2D eigenvalue weighted by molar-refractivity contribution is 7.13. The Balaban J connectivity index is 1.72. The van der Waals surface area contributed by atoms with Crippen LogP contribution in [0.4, 0.5) is 10.8 Å². The zero-order valence-corrected chi connectivity index (χ0v) is 15.4. The largest absolute Gasteiger partial charge is 0.387 e. The van der Waals surface area contributed by atoms with Gasteiger partial charge in [0, 0.05) is 17.6 Å². The summed E-state index contributed by atoms with van der Waals surface area (Å²) in [7, 11) is 0. The third-order valence-electron chi connectivity index (χ3n) is 3.42. The highest BCUT2D eigenvalue weighted by Gasteiger charge is 2.08. The number of carbonyl (C=O) groups is 1. The average Bonchev–Trinajstić information content (AvgIpc) is 3.18. The highest BCUT2D eigenvalue weighted by atomic mass is 32.1. The van der Waals surface area contributed by atoms with Crippen molar-refractivity contribution in [2.75, 3.05) is 24.1 Å². The van der Waals surface area contributed by atoms with Crippen LogP contribution in [0.1, 0.15) is 38.0 Å². The predicted octanol–water partition coefficient (Wildman–Crippen LogP) is 2.77. The second-order valence-electron chi connectivity index (χ2n) is 5.55. The molecule has 0 saturated heterocycles. The fourth-order valence-electron chi connectivity index (χ4n) is 2.13. The summed E-state index contributed by atoms with van der Waals surface area (Å²) in [5, 5.41) is 15.7. The molecule has 0 spiro atoms. The Morgan fingerprint density at radius 3 is 2.68 bits per heavy atom. The molecule has 6 nitrogen and oxygen atoms in total. The minimum Gasteiger partial charge on any atom is -0.387 e. The smallest absolute Gasteiger partial charge is 0.230 e. The number of nitrogen functional groups attached to an aromatic ring is 1. The minimum atomic E-state index is -2.60. The van der Waals surface area contributed by atoms with Crippen molar-refractivity contribution in [2.24, 2.45) is 0 Å². The zero-order chi connectivity index (χ0) is 29.4. The molecule has 3 rings (SSSR count). The number of anilines is 2. The standard InChI is InChI=1S/C21H24N4O2S/c22-21-25-18(14-28-21)12-20(27)24-17-8-6-15(7-9-17)10-11-23-13-19(26)16-4-2-1-3-5-16/h1-9,14,19,23,26H,10-13H2,(H2,22,25)(H,24,27)/t19-/m0/s1/i1D,2D,3D,4D,5D,6D,7D,8D,9D,14D,19D. The molecule has 0 radical (unpaired) electrons. The van der Waals surface area contributed by atoms with Crippen molar-refractivity contribution in [1.29, 1.82) is 0 Å². The van der Waals surface area contributed by atoms with Gasteiger partial charge in [0.2, 0.25) is 5.91 Å². The number of hydrogen-bond acceptors (Lipinski definition) is 6. The molecule has 7 heteroatoms. The van der Waals surface area contributed by atoms with Gasteiger partial charge in [-0.15, -0.1) is 11.3 Å². The van der Waals surface area contributed by atoms with Crippen molar-refractivity contribution in [3.05, 3.63) is 76.6 Å². The van der Waals surface area contributed by atoms with Crippen LogP contribution in [-0.4, -0.2) is 29.1 Å². The molecule has 1 aromatic heterocycles. The summed E-state index contributed by atoms with van der Waals surface area (Å²) in [4.78, 5) is 16.3. The summed E-state index contributed by atoms with van der Waals surface area (Å²) in [6.07, 6.45) is -3.03. The maximum Gasteiger partial charge on any atom is 0.230 e. The van der Waals surface area contributed by atoms with Crippen molar-refractivity contribution in [1.82, 2.24) is 10.3 Å². The number of thiazole rings is 1. The van der Waals surface area contributed by atoms with Crippen molar-refractivity contribution >= 4 is 28.1 Å². The van der Waals surface area contributed by atoms with Crippen molar-refractivity contribution < 1.29 is 25.0 Å². The number of nitrogens with one attached hydrogen (secondary N) is 2. The van der Waals surface area contributed by atoms with E-state index in [1.165, 1.54) is 0 Å². The molecule has 0 saturated carbocycles. The van der Waals surface area contributed by atoms with E-state index in [-0.39, 0.29) is 46.8 Å². The van der Waals surface area contributed by atoms with Crippen LogP contribution in [0.2, 0.25) is 0 Å². The molecule has 0 unspecified atom stereocenters. The van der Waals surface area contributed by atoms with Crippen LogP contribution in [0.25, 0.3) is 0 Å². The molecular formula is C21H24N4O2S. The summed E-state index contributed by atoms with van der Waals surface area (Å²) >= 11 is 0.886. The Kier molecular flexibility index (Phi) is 3.62. The van der Waals surface area contributed by atoms with E-state index in [1.807, 2.05) is 0 Å². The molecule has 0 aliphatic carbocycles. The highest BCUT2D eigenvalue weighted by Crippen LogP contribution is 2.14. The normalized spacial score (nSPS) is 18.5. The molecule has 146 valence electrons. The van der Waals surface area contributed by atoms with Gasteiger partial charge in [-0.25, -0.2) is 4.98 Å². The molecule has 0 bridgehead atoms. The number of nitrogens with zero attached hydrogens (tertiary/aromatic N) is 1. The van der Waals surface area contributed by atoms with Crippen LogP contribution < -0.4 is 16.4 Å². The minimum absolute atomic E-state index is 0.00352. The van der Waals surface area contributed by atoms with Gasteiger partial charge in [-0.2, -0.15) is 0 Å². The van der Waals surface area contributed by atoms with E-state index in [9.17, 15) is 9.90 Å². The van der Waals surface area contributed by atoms with Crippen LogP contribution in [-0.2, 0) is 17.6 Å². The van der Waals surface area contributed by atoms with Crippen LogP contribution >= 0.6 is 11.3 Å². The molecule has 0 fully saturated rings. The Morgan fingerprint density at radius 1 is 1.25 bits per heavy atom. The Hall–Kier alpha value is -2.74. The van der Waals surface area contributed by atoms with Crippen LogP contribution in [0.15, 0.2) is 59.7 Å². The van der Waals surface area contributed by atoms with E-state index in [0.717, 1.165) is 11.3 Å². The van der Waals surface area contributed by atoms with Gasteiger partial charge in [0.15, 0.2) is 5.13 Å². The average molecular weight is 408 g/mol. The lowest BCUT2D eigenvalue weighted by atomic mass is 10.1. The monoisotopic (exact) mass is 407 g/mol. The lowest BCUT2D eigenvalue weighted by Crippen LogP contribution is -2.23. The molecule has 1 heterocycles. The van der Waals surface area contributed by atoms with Crippen molar-refractivity contribution in [3.8, 4) is 0 Å². The first-order chi connectivity index (χ1) is 18.1. The van der Waals surface area contributed by atoms with Crippen molar-refractivity contribution in [3.63, 3.8) is 0 Å². The Morgan fingerprint density at radius 2 is 2.00 bits per heavy atom. The molecule has 0 aliphatic heterocycles. The number of nitrogens with two attached hydrogens (primary N) is 1. The van der Waals surface area contributed by atoms with Gasteiger partial charge in [0.05, 0.1) is 33.3 Å².